The van der Waals surface area contributed by atoms with Crippen LogP contribution in [0.4, 0.5) is 0 Å². The van der Waals surface area contributed by atoms with Crippen LogP contribution in [0.15, 0.2) is 59.3 Å². The lowest BCUT2D eigenvalue weighted by atomic mass is 10.2. The number of likely N-dealkylation sites (tertiary alicyclic amines) is 1. The third-order valence-electron chi connectivity index (χ3n) is 4.79. The molecular formula is C21H24N4O2. The number of aromatic nitrogens is 2. The minimum atomic E-state index is -0.196. The Morgan fingerprint density at radius 3 is 2.67 bits per heavy atom. The number of amides is 1. The van der Waals surface area contributed by atoms with Gasteiger partial charge in [0.2, 0.25) is 0 Å². The summed E-state index contributed by atoms with van der Waals surface area (Å²) in [6, 6.07) is 13.8. The third kappa shape index (κ3) is 4.65. The summed E-state index contributed by atoms with van der Waals surface area (Å²) >= 11 is 0. The average Bonchev–Trinajstić information content (AvgIpc) is 3.44. The van der Waals surface area contributed by atoms with E-state index in [1.54, 1.807) is 12.3 Å². The van der Waals surface area contributed by atoms with Crippen molar-refractivity contribution in [2.45, 2.75) is 32.5 Å². The highest BCUT2D eigenvalue weighted by molar-refractivity contribution is 5.91. The normalized spacial score (nSPS) is 14.5. The van der Waals surface area contributed by atoms with Crippen LogP contribution in [0, 0.1) is 0 Å². The van der Waals surface area contributed by atoms with Gasteiger partial charge in [-0.1, -0.05) is 30.3 Å². The molecule has 1 N–H and O–H groups in total. The maximum atomic E-state index is 12.3. The Morgan fingerprint density at radius 2 is 1.85 bits per heavy atom. The predicted molar refractivity (Wildman–Crippen MR) is 102 cm³/mol. The smallest absolute Gasteiger partial charge is 0.287 e. The molecule has 27 heavy (non-hydrogen) atoms. The molecule has 1 fully saturated rings. The van der Waals surface area contributed by atoms with Crippen LogP contribution in [0.5, 0.6) is 0 Å². The number of carbonyl (C=O) groups is 1. The number of nitrogens with zero attached hydrogens (tertiary/aromatic N) is 3. The van der Waals surface area contributed by atoms with Gasteiger partial charge in [0.15, 0.2) is 5.76 Å². The predicted octanol–water partition coefficient (Wildman–Crippen LogP) is 3.05. The Bertz CT molecular complexity index is 878. The SMILES string of the molecule is O=C(NCc1cnn(Cc2ccccc2)c1)c1ccc(CN2CCCC2)o1. The van der Waals surface area contributed by atoms with Crippen LogP contribution in [-0.2, 0) is 19.6 Å². The van der Waals surface area contributed by atoms with Gasteiger partial charge in [-0.2, -0.15) is 5.10 Å². The number of hydrogen-bond acceptors (Lipinski definition) is 4. The molecule has 0 radical (unpaired) electrons. The van der Waals surface area contributed by atoms with Crippen molar-refractivity contribution < 1.29 is 9.21 Å². The van der Waals surface area contributed by atoms with Gasteiger partial charge in [-0.3, -0.25) is 14.4 Å². The Labute approximate surface area is 158 Å². The van der Waals surface area contributed by atoms with Crippen molar-refractivity contribution in [2.24, 2.45) is 0 Å². The molecule has 1 saturated heterocycles. The molecule has 3 heterocycles. The first-order valence-electron chi connectivity index (χ1n) is 9.41. The standard InChI is InChI=1S/C21H24N4O2/c26-21(20-9-8-19(27-20)16-24-10-4-5-11-24)22-12-18-13-23-25(15-18)14-17-6-2-1-3-7-17/h1-3,6-9,13,15H,4-5,10-12,14,16H2,(H,22,26). The summed E-state index contributed by atoms with van der Waals surface area (Å²) < 4.78 is 7.58. The first-order chi connectivity index (χ1) is 13.3. The summed E-state index contributed by atoms with van der Waals surface area (Å²) in [5.74, 6) is 1.01. The molecule has 1 aliphatic rings. The lowest BCUT2D eigenvalue weighted by Gasteiger charge is -2.11. The van der Waals surface area contributed by atoms with E-state index >= 15 is 0 Å². The number of furan rings is 1. The summed E-state index contributed by atoms with van der Waals surface area (Å²) in [5.41, 5.74) is 2.15. The minimum absolute atomic E-state index is 0.196. The maximum absolute atomic E-state index is 12.3. The molecule has 140 valence electrons. The Kier molecular flexibility index (Phi) is 5.34. The summed E-state index contributed by atoms with van der Waals surface area (Å²) in [5, 5.41) is 7.26. The van der Waals surface area contributed by atoms with E-state index < -0.39 is 0 Å². The second-order valence-electron chi connectivity index (χ2n) is 6.96. The number of rotatable bonds is 7. The van der Waals surface area contributed by atoms with Crippen LogP contribution in [0.2, 0.25) is 0 Å². The van der Waals surface area contributed by atoms with E-state index in [9.17, 15) is 4.79 Å². The van der Waals surface area contributed by atoms with Crippen LogP contribution >= 0.6 is 0 Å². The molecule has 0 aliphatic carbocycles. The zero-order chi connectivity index (χ0) is 18.5. The summed E-state index contributed by atoms with van der Waals surface area (Å²) in [6.45, 7) is 4.13. The highest BCUT2D eigenvalue weighted by Crippen LogP contribution is 2.15. The molecule has 6 nitrogen and oxygen atoms in total. The molecule has 4 rings (SSSR count). The molecule has 0 atom stereocenters. The molecule has 2 aromatic heterocycles. The van der Waals surface area contributed by atoms with Gasteiger partial charge in [0.25, 0.3) is 5.91 Å². The largest absolute Gasteiger partial charge is 0.455 e. The second kappa shape index (κ2) is 8.22. The summed E-state index contributed by atoms with van der Waals surface area (Å²) in [4.78, 5) is 14.7. The molecule has 3 aromatic rings. The van der Waals surface area contributed by atoms with Gasteiger partial charge in [-0.05, 0) is 43.6 Å². The lowest BCUT2D eigenvalue weighted by molar-refractivity contribution is 0.0919. The van der Waals surface area contributed by atoms with E-state index in [0.717, 1.165) is 31.0 Å². The lowest BCUT2D eigenvalue weighted by Crippen LogP contribution is -2.22. The molecule has 0 spiro atoms. The van der Waals surface area contributed by atoms with Crippen LogP contribution in [-0.4, -0.2) is 33.7 Å². The quantitative estimate of drug-likeness (QED) is 0.700. The molecular weight excluding hydrogens is 340 g/mol. The second-order valence-corrected chi connectivity index (χ2v) is 6.96. The average molecular weight is 364 g/mol. The Morgan fingerprint density at radius 1 is 1.04 bits per heavy atom. The van der Waals surface area contributed by atoms with Crippen molar-refractivity contribution in [3.05, 3.63) is 77.5 Å². The topological polar surface area (TPSA) is 63.3 Å². The van der Waals surface area contributed by atoms with E-state index in [-0.39, 0.29) is 5.91 Å². The van der Waals surface area contributed by atoms with Gasteiger partial charge in [-0.25, -0.2) is 0 Å². The Balaban J connectivity index is 1.28. The minimum Gasteiger partial charge on any atom is -0.455 e. The fraction of sp³-hybridized carbons (Fsp3) is 0.333. The number of nitrogens with one attached hydrogen (secondary N) is 1. The number of hydrogen-bond donors (Lipinski definition) is 1. The first-order valence-corrected chi connectivity index (χ1v) is 9.41. The summed E-state index contributed by atoms with van der Waals surface area (Å²) in [7, 11) is 0. The van der Waals surface area contributed by atoms with Crippen molar-refractivity contribution in [2.75, 3.05) is 13.1 Å². The van der Waals surface area contributed by atoms with Crippen molar-refractivity contribution in [1.82, 2.24) is 20.0 Å². The fourth-order valence-electron chi connectivity index (χ4n) is 3.37. The van der Waals surface area contributed by atoms with Crippen molar-refractivity contribution in [3.8, 4) is 0 Å². The molecule has 1 aliphatic heterocycles. The van der Waals surface area contributed by atoms with Crippen molar-refractivity contribution >= 4 is 5.91 Å². The van der Waals surface area contributed by atoms with E-state index in [4.69, 9.17) is 4.42 Å². The van der Waals surface area contributed by atoms with Gasteiger partial charge in [-0.15, -0.1) is 0 Å². The molecule has 6 heteroatoms. The molecule has 1 aromatic carbocycles. The summed E-state index contributed by atoms with van der Waals surface area (Å²) in [6.07, 6.45) is 6.22. The monoisotopic (exact) mass is 364 g/mol. The van der Waals surface area contributed by atoms with Crippen LogP contribution in [0.1, 0.15) is 40.3 Å². The molecule has 0 saturated carbocycles. The van der Waals surface area contributed by atoms with Crippen LogP contribution < -0.4 is 5.32 Å². The maximum Gasteiger partial charge on any atom is 0.287 e. The highest BCUT2D eigenvalue weighted by atomic mass is 16.4. The van der Waals surface area contributed by atoms with Crippen LogP contribution in [0.25, 0.3) is 0 Å². The number of benzene rings is 1. The molecule has 0 unspecified atom stereocenters. The van der Waals surface area contributed by atoms with Crippen molar-refractivity contribution in [3.63, 3.8) is 0 Å². The molecule has 0 bridgehead atoms. The van der Waals surface area contributed by atoms with Gasteiger partial charge < -0.3 is 9.73 Å². The van der Waals surface area contributed by atoms with E-state index in [0.29, 0.717) is 18.8 Å². The fourth-order valence-corrected chi connectivity index (χ4v) is 3.37. The zero-order valence-electron chi connectivity index (χ0n) is 15.3. The van der Waals surface area contributed by atoms with Gasteiger partial charge in [0.05, 0.1) is 19.3 Å². The first kappa shape index (κ1) is 17.5. The van der Waals surface area contributed by atoms with Gasteiger partial charge in [0, 0.05) is 18.3 Å². The number of carbonyl (C=O) groups excluding carboxylic acids is 1. The Hall–Kier alpha value is -2.86. The van der Waals surface area contributed by atoms with Gasteiger partial charge in [0.1, 0.15) is 5.76 Å². The van der Waals surface area contributed by atoms with E-state index in [1.807, 2.05) is 35.1 Å². The van der Waals surface area contributed by atoms with Crippen LogP contribution in [0.3, 0.4) is 0 Å². The van der Waals surface area contributed by atoms with Gasteiger partial charge >= 0.3 is 0 Å². The van der Waals surface area contributed by atoms with Crippen molar-refractivity contribution in [1.29, 1.82) is 0 Å². The molecule has 1 amide bonds. The highest BCUT2D eigenvalue weighted by Gasteiger charge is 2.16. The zero-order valence-corrected chi connectivity index (χ0v) is 15.3. The third-order valence-corrected chi connectivity index (χ3v) is 4.79. The van der Waals surface area contributed by atoms with E-state index in [1.165, 1.54) is 18.4 Å². The van der Waals surface area contributed by atoms with E-state index in [2.05, 4.69) is 27.4 Å².